The number of hydrogen-bond acceptors (Lipinski definition) is 3. The number of hydrogen-bond donors (Lipinski definition) is 1. The molecular weight excluding hydrogens is 258 g/mol. The van der Waals surface area contributed by atoms with E-state index in [1.807, 2.05) is 43.3 Å². The van der Waals surface area contributed by atoms with Crippen molar-refractivity contribution in [2.75, 3.05) is 11.9 Å². The van der Waals surface area contributed by atoms with Gasteiger partial charge in [-0.15, -0.1) is 0 Å². The van der Waals surface area contributed by atoms with Crippen LogP contribution in [-0.2, 0) is 17.4 Å². The summed E-state index contributed by atoms with van der Waals surface area (Å²) in [6, 6.07) is 14.7. The maximum atomic E-state index is 11.7. The molecule has 0 saturated carbocycles. The maximum Gasteiger partial charge on any atom is 0.262 e. The Kier molecular flexibility index (Phi) is 4.36. The van der Waals surface area contributed by atoms with Crippen LogP contribution < -0.4 is 10.1 Å². The van der Waals surface area contributed by atoms with Crippen LogP contribution in [0.3, 0.4) is 0 Å². The number of nitrogens with one attached hydrogen (secondary N) is 1. The monoisotopic (exact) mass is 272 g/mol. The van der Waals surface area contributed by atoms with Crippen molar-refractivity contribution < 1.29 is 9.53 Å². The van der Waals surface area contributed by atoms with E-state index in [1.54, 1.807) is 12.1 Å². The van der Waals surface area contributed by atoms with Gasteiger partial charge >= 0.3 is 0 Å². The molecule has 19 heavy (non-hydrogen) atoms. The first-order valence-electron chi connectivity index (χ1n) is 5.90. The first-order valence-corrected chi connectivity index (χ1v) is 6.31. The summed E-state index contributed by atoms with van der Waals surface area (Å²) in [7, 11) is 0. The summed E-state index contributed by atoms with van der Waals surface area (Å²) >= 11 is 5.11. The van der Waals surface area contributed by atoms with Crippen LogP contribution in [0, 0.1) is 6.92 Å². The molecule has 0 heterocycles. The number of para-hydroxylation sites is 1. The van der Waals surface area contributed by atoms with Gasteiger partial charge in [0.25, 0.3) is 5.91 Å². The van der Waals surface area contributed by atoms with Crippen molar-refractivity contribution >= 4 is 24.2 Å². The molecule has 1 amide bonds. The van der Waals surface area contributed by atoms with Crippen molar-refractivity contribution in [1.29, 1.82) is 0 Å². The fourth-order valence-corrected chi connectivity index (χ4v) is 1.74. The third kappa shape index (κ3) is 3.96. The molecule has 0 aromatic heterocycles. The topological polar surface area (TPSA) is 38.3 Å². The molecule has 2 rings (SSSR count). The van der Waals surface area contributed by atoms with E-state index < -0.39 is 0 Å². The number of amides is 1. The second kappa shape index (κ2) is 6.20. The van der Waals surface area contributed by atoms with Crippen LogP contribution in [-0.4, -0.2) is 12.5 Å². The molecule has 2 aromatic carbocycles. The molecule has 0 fully saturated rings. The molecule has 4 heteroatoms. The van der Waals surface area contributed by atoms with E-state index >= 15 is 0 Å². The molecule has 0 aliphatic carbocycles. The molecule has 0 atom stereocenters. The third-order valence-corrected chi connectivity index (χ3v) is 2.91. The Balaban J connectivity index is 1.88. The largest absolute Gasteiger partial charge is 0.778 e. The number of rotatable bonds is 4. The van der Waals surface area contributed by atoms with Crippen LogP contribution in [0.1, 0.15) is 5.56 Å². The minimum atomic E-state index is -0.224. The number of ether oxygens (including phenoxy) is 1. The van der Waals surface area contributed by atoms with Crippen LogP contribution >= 0.6 is 0 Å². The quantitative estimate of drug-likeness (QED) is 0.870. The smallest absolute Gasteiger partial charge is 0.262 e. The third-order valence-electron chi connectivity index (χ3n) is 2.55. The van der Waals surface area contributed by atoms with Crippen molar-refractivity contribution in [1.82, 2.24) is 0 Å². The van der Waals surface area contributed by atoms with E-state index in [0.717, 1.165) is 5.56 Å². The fraction of sp³-hybridized carbons (Fsp3) is 0.133. The Morgan fingerprint density at radius 3 is 2.53 bits per heavy atom. The Morgan fingerprint density at radius 2 is 1.84 bits per heavy atom. The Hall–Kier alpha value is -2.07. The highest BCUT2D eigenvalue weighted by Crippen LogP contribution is 2.14. The molecular formula is C15H14NO2S-. The molecule has 1 N–H and O–H groups in total. The fourth-order valence-electron chi connectivity index (χ4n) is 1.54. The van der Waals surface area contributed by atoms with E-state index in [2.05, 4.69) is 5.32 Å². The average Bonchev–Trinajstić information content (AvgIpc) is 2.41. The van der Waals surface area contributed by atoms with Crippen molar-refractivity contribution in [3.63, 3.8) is 0 Å². The van der Waals surface area contributed by atoms with Crippen molar-refractivity contribution in [3.8, 4) is 5.75 Å². The number of benzene rings is 2. The maximum absolute atomic E-state index is 11.7. The Morgan fingerprint density at radius 1 is 1.16 bits per heavy atom. The van der Waals surface area contributed by atoms with E-state index in [4.69, 9.17) is 17.4 Å². The number of carbonyl (C=O) groups excluding carboxylic acids is 1. The van der Waals surface area contributed by atoms with Crippen LogP contribution in [0.2, 0.25) is 0 Å². The lowest BCUT2D eigenvalue weighted by Crippen LogP contribution is -2.20. The first-order chi connectivity index (χ1) is 9.15. The summed E-state index contributed by atoms with van der Waals surface area (Å²) in [5.41, 5.74) is 1.78. The van der Waals surface area contributed by atoms with Gasteiger partial charge in [-0.25, -0.2) is 0 Å². The van der Waals surface area contributed by atoms with E-state index in [0.29, 0.717) is 16.3 Å². The zero-order valence-corrected chi connectivity index (χ0v) is 11.4. The van der Waals surface area contributed by atoms with Gasteiger partial charge in [0.2, 0.25) is 0 Å². The van der Waals surface area contributed by atoms with Crippen LogP contribution in [0.15, 0.2) is 53.4 Å². The molecule has 98 valence electrons. The van der Waals surface area contributed by atoms with Gasteiger partial charge < -0.3 is 22.7 Å². The molecule has 0 aliphatic rings. The molecule has 3 nitrogen and oxygen atoms in total. The Labute approximate surface area is 118 Å². The molecule has 0 saturated heterocycles. The minimum absolute atomic E-state index is 0.0350. The van der Waals surface area contributed by atoms with Crippen LogP contribution in [0.25, 0.3) is 0 Å². The molecule has 0 spiro atoms. The molecule has 0 aliphatic heterocycles. The second-order valence-electron chi connectivity index (χ2n) is 4.15. The highest BCUT2D eigenvalue weighted by atomic mass is 32.1. The van der Waals surface area contributed by atoms with Crippen molar-refractivity contribution in [2.24, 2.45) is 0 Å². The lowest BCUT2D eigenvalue weighted by atomic mass is 10.2. The van der Waals surface area contributed by atoms with Gasteiger partial charge in [0.1, 0.15) is 5.75 Å². The van der Waals surface area contributed by atoms with Gasteiger partial charge in [0.15, 0.2) is 6.61 Å². The van der Waals surface area contributed by atoms with Gasteiger partial charge in [0, 0.05) is 5.69 Å². The summed E-state index contributed by atoms with van der Waals surface area (Å²) in [6.07, 6.45) is 0. The predicted octanol–water partition coefficient (Wildman–Crippen LogP) is 2.92. The van der Waals surface area contributed by atoms with Crippen molar-refractivity contribution in [3.05, 3.63) is 54.1 Å². The summed E-state index contributed by atoms with van der Waals surface area (Å²) in [4.78, 5) is 12.3. The van der Waals surface area contributed by atoms with Crippen LogP contribution in [0.5, 0.6) is 5.75 Å². The minimum Gasteiger partial charge on any atom is -0.778 e. The van der Waals surface area contributed by atoms with Gasteiger partial charge in [-0.05, 0) is 25.1 Å². The highest BCUT2D eigenvalue weighted by Gasteiger charge is 2.03. The normalized spacial score (nSPS) is 9.95. The zero-order chi connectivity index (χ0) is 13.7. The molecule has 0 bridgehead atoms. The van der Waals surface area contributed by atoms with Gasteiger partial charge in [0.05, 0.1) is 0 Å². The standard InChI is InChI=1S/C15H15NO2S/c1-11-6-8-12(9-7-11)18-10-15(17)16-13-4-2-3-5-14(13)19/h2-9,19H,10H2,1H3,(H,16,17)/p-1. The zero-order valence-electron chi connectivity index (χ0n) is 10.6. The highest BCUT2D eigenvalue weighted by molar-refractivity contribution is 7.59. The first kappa shape index (κ1) is 13.4. The summed E-state index contributed by atoms with van der Waals surface area (Å²) in [5, 5.41) is 2.72. The predicted molar refractivity (Wildman–Crippen MR) is 77.4 cm³/mol. The van der Waals surface area contributed by atoms with E-state index in [9.17, 15) is 4.79 Å². The average molecular weight is 272 g/mol. The SMILES string of the molecule is Cc1ccc(OCC(=O)Nc2ccccc2[S-])cc1. The summed E-state index contributed by atoms with van der Waals surface area (Å²) < 4.78 is 5.39. The summed E-state index contributed by atoms with van der Waals surface area (Å²) in [5.74, 6) is 0.449. The summed E-state index contributed by atoms with van der Waals surface area (Å²) in [6.45, 7) is 1.96. The van der Waals surface area contributed by atoms with Gasteiger partial charge in [-0.3, -0.25) is 4.79 Å². The van der Waals surface area contributed by atoms with E-state index in [-0.39, 0.29) is 12.5 Å². The molecule has 0 radical (unpaired) electrons. The molecule has 2 aromatic rings. The lowest BCUT2D eigenvalue weighted by molar-refractivity contribution is -0.118. The van der Waals surface area contributed by atoms with Crippen molar-refractivity contribution in [2.45, 2.75) is 11.8 Å². The number of aryl methyl sites for hydroxylation is 1. The van der Waals surface area contributed by atoms with Gasteiger partial charge in [-0.2, -0.15) is 4.90 Å². The molecule has 0 unspecified atom stereocenters. The second-order valence-corrected chi connectivity index (χ2v) is 4.59. The number of carbonyl (C=O) groups is 1. The Bertz CT molecular complexity index is 567. The van der Waals surface area contributed by atoms with Crippen LogP contribution in [0.4, 0.5) is 5.69 Å². The lowest BCUT2D eigenvalue weighted by Gasteiger charge is -2.14. The van der Waals surface area contributed by atoms with E-state index in [1.165, 1.54) is 0 Å². The number of anilines is 1. The van der Waals surface area contributed by atoms with Gasteiger partial charge in [-0.1, -0.05) is 35.9 Å².